The lowest BCUT2D eigenvalue weighted by Crippen LogP contribution is -2.45. The van der Waals surface area contributed by atoms with Crippen molar-refractivity contribution in [1.82, 2.24) is 24.3 Å². The van der Waals surface area contributed by atoms with Crippen LogP contribution in [0.2, 0.25) is 0 Å². The molecular weight excluding hydrogens is 519 g/mol. The van der Waals surface area contributed by atoms with Crippen molar-refractivity contribution in [3.63, 3.8) is 0 Å². The van der Waals surface area contributed by atoms with E-state index in [4.69, 9.17) is 20.2 Å². The molecule has 2 amide bonds. The number of nitrogens with one attached hydrogen (secondary N) is 1. The zero-order valence-corrected chi connectivity index (χ0v) is 20.1. The van der Waals surface area contributed by atoms with Gasteiger partial charge in [0.1, 0.15) is 41.4 Å². The quantitative estimate of drug-likeness (QED) is 0.402. The van der Waals surface area contributed by atoms with Crippen LogP contribution in [0.3, 0.4) is 0 Å². The molecule has 39 heavy (non-hydrogen) atoms. The van der Waals surface area contributed by atoms with E-state index in [-0.39, 0.29) is 36.4 Å². The number of halogens is 3. The van der Waals surface area contributed by atoms with E-state index < -0.39 is 29.8 Å². The molecule has 4 aromatic rings. The summed E-state index contributed by atoms with van der Waals surface area (Å²) in [5, 5.41) is 2.38. The van der Waals surface area contributed by atoms with Crippen LogP contribution in [0, 0.1) is 0 Å². The molecule has 0 unspecified atom stereocenters. The van der Waals surface area contributed by atoms with Crippen molar-refractivity contribution >= 4 is 29.2 Å². The number of anilines is 2. The number of nitrogen functional groups attached to an aromatic ring is 1. The van der Waals surface area contributed by atoms with Gasteiger partial charge in [0.25, 0.3) is 5.91 Å². The summed E-state index contributed by atoms with van der Waals surface area (Å²) < 4.78 is 51.8. The molecule has 2 saturated heterocycles. The Morgan fingerprint density at radius 1 is 1.10 bits per heavy atom. The first-order chi connectivity index (χ1) is 18.7. The van der Waals surface area contributed by atoms with Crippen molar-refractivity contribution in [2.45, 2.75) is 18.3 Å². The minimum atomic E-state index is -4.56. The second kappa shape index (κ2) is 9.23. The number of amides is 2. The summed E-state index contributed by atoms with van der Waals surface area (Å²) in [6, 6.07) is 7.75. The van der Waals surface area contributed by atoms with Crippen LogP contribution in [-0.2, 0) is 15.7 Å². The van der Waals surface area contributed by atoms with Gasteiger partial charge >= 0.3 is 12.3 Å². The van der Waals surface area contributed by atoms with Crippen LogP contribution >= 0.6 is 0 Å². The third kappa shape index (κ3) is 4.48. The lowest BCUT2D eigenvalue weighted by atomic mass is 10.1. The molecule has 5 heterocycles. The number of carbonyl (C=O) groups excluding carboxylic acids is 2. The summed E-state index contributed by atoms with van der Waals surface area (Å²) in [6.07, 6.45) is -1.30. The molecule has 0 aliphatic carbocycles. The van der Waals surface area contributed by atoms with E-state index in [2.05, 4.69) is 15.3 Å². The number of imidazole rings is 1. The number of rotatable bonds is 4. The number of pyridine rings is 1. The summed E-state index contributed by atoms with van der Waals surface area (Å²) in [7, 11) is 0. The number of hydrogen-bond donors (Lipinski definition) is 2. The molecule has 0 saturated carbocycles. The van der Waals surface area contributed by atoms with E-state index in [1.807, 2.05) is 0 Å². The van der Waals surface area contributed by atoms with Crippen molar-refractivity contribution in [3.05, 3.63) is 71.9 Å². The fraction of sp³-hybridized carbons (Fsp3) is 0.240. The predicted molar refractivity (Wildman–Crippen MR) is 131 cm³/mol. The molecule has 200 valence electrons. The fourth-order valence-corrected chi connectivity index (χ4v) is 4.62. The molecule has 3 aromatic heterocycles. The highest BCUT2D eigenvalue weighted by molar-refractivity contribution is 6.04. The molecule has 2 fully saturated rings. The van der Waals surface area contributed by atoms with E-state index >= 15 is 0 Å². The Hall–Kier alpha value is -4.72. The van der Waals surface area contributed by atoms with Crippen molar-refractivity contribution in [3.8, 4) is 11.3 Å². The molecule has 1 aromatic carbocycles. The van der Waals surface area contributed by atoms with E-state index in [1.165, 1.54) is 18.3 Å². The molecular formula is C25H20F3N7O4. The van der Waals surface area contributed by atoms with Gasteiger partial charge in [-0.1, -0.05) is 12.1 Å². The van der Waals surface area contributed by atoms with E-state index in [0.717, 1.165) is 18.3 Å². The van der Waals surface area contributed by atoms with E-state index in [0.29, 0.717) is 29.2 Å². The normalized spacial score (nSPS) is 19.2. The summed E-state index contributed by atoms with van der Waals surface area (Å²) >= 11 is 0. The molecule has 3 N–H and O–H groups in total. The van der Waals surface area contributed by atoms with Gasteiger partial charge in [-0.2, -0.15) is 13.2 Å². The Bertz CT molecular complexity index is 1590. The number of ether oxygens (including phenoxy) is 2. The molecule has 14 heteroatoms. The Balaban J connectivity index is 1.28. The minimum Gasteiger partial charge on any atom is -0.447 e. The summed E-state index contributed by atoms with van der Waals surface area (Å²) in [6.45, 7) is 0.832. The summed E-state index contributed by atoms with van der Waals surface area (Å²) in [5.74, 6) is -0.116. The molecule has 0 bridgehead atoms. The van der Waals surface area contributed by atoms with Crippen molar-refractivity contribution in [2.24, 2.45) is 0 Å². The predicted octanol–water partition coefficient (Wildman–Crippen LogP) is 3.54. The first kappa shape index (κ1) is 24.6. The monoisotopic (exact) mass is 539 g/mol. The second-order valence-corrected chi connectivity index (χ2v) is 9.01. The molecule has 2 atom stereocenters. The van der Waals surface area contributed by atoms with Crippen molar-refractivity contribution in [1.29, 1.82) is 0 Å². The molecule has 0 radical (unpaired) electrons. The maximum absolute atomic E-state index is 13.0. The fourth-order valence-electron chi connectivity index (χ4n) is 4.62. The number of carbonyl (C=O) groups is 2. The van der Waals surface area contributed by atoms with E-state index in [1.54, 1.807) is 27.6 Å². The number of nitrogens with two attached hydrogens (primary N) is 1. The first-order valence-electron chi connectivity index (χ1n) is 11.8. The Labute approximate surface area is 218 Å². The Kier molecular flexibility index (Phi) is 5.83. The maximum Gasteiger partial charge on any atom is 0.416 e. The van der Waals surface area contributed by atoms with Gasteiger partial charge in [-0.3, -0.25) is 14.1 Å². The number of nitrogens with zero attached hydrogens (tertiary/aromatic N) is 5. The molecule has 2 aliphatic heterocycles. The number of aromatic nitrogens is 4. The van der Waals surface area contributed by atoms with Crippen molar-refractivity contribution in [2.75, 3.05) is 30.8 Å². The summed E-state index contributed by atoms with van der Waals surface area (Å²) in [4.78, 5) is 39.1. The van der Waals surface area contributed by atoms with Crippen LogP contribution in [0.15, 0.2) is 55.0 Å². The largest absolute Gasteiger partial charge is 0.447 e. The number of benzene rings is 1. The third-order valence-electron chi connectivity index (χ3n) is 6.57. The van der Waals surface area contributed by atoms with Crippen molar-refractivity contribution < 1.29 is 32.2 Å². The van der Waals surface area contributed by atoms with Crippen LogP contribution in [0.5, 0.6) is 0 Å². The number of alkyl halides is 3. The van der Waals surface area contributed by atoms with Gasteiger partial charge in [0.2, 0.25) is 0 Å². The van der Waals surface area contributed by atoms with Crippen LogP contribution < -0.4 is 11.1 Å². The Morgan fingerprint density at radius 3 is 2.67 bits per heavy atom. The first-order valence-corrected chi connectivity index (χ1v) is 11.8. The number of hydrogen-bond acceptors (Lipinski definition) is 8. The highest BCUT2D eigenvalue weighted by atomic mass is 19.4. The zero-order valence-electron chi connectivity index (χ0n) is 20.1. The highest BCUT2D eigenvalue weighted by Crippen LogP contribution is 2.34. The minimum absolute atomic E-state index is 0.143. The smallest absolute Gasteiger partial charge is 0.416 e. The van der Waals surface area contributed by atoms with Gasteiger partial charge in [-0.05, 0) is 24.3 Å². The lowest BCUT2D eigenvalue weighted by Gasteiger charge is -2.32. The standard InChI is InChI=1S/C25H20F3N7O4/c26-25(27,28)15-5-6-30-18(9-15)32-23(36)14-3-1-13(2-4-14)19-20-21(29)31-7-8-34(20)22(33-19)17-10-35-16(11-38-17)12-39-24(35)37/h1-9,16-17H,10-12H2,(H2,29,31)(H,30,32,36)/t16-,17+/m0/s1. The molecule has 2 aliphatic rings. The number of fused-ring (bicyclic) bond motifs is 2. The van der Waals surface area contributed by atoms with Gasteiger partial charge in [-0.15, -0.1) is 0 Å². The van der Waals surface area contributed by atoms with Crippen LogP contribution in [-0.4, -0.2) is 62.1 Å². The highest BCUT2D eigenvalue weighted by Gasteiger charge is 2.41. The lowest BCUT2D eigenvalue weighted by molar-refractivity contribution is -0.137. The SMILES string of the molecule is Nc1nccn2c([C@H]3CN4C(=O)OC[C@@H]4CO3)nc(-c3ccc(C(=O)Nc4cc(C(F)(F)F)ccn4)cc3)c12. The second-order valence-electron chi connectivity index (χ2n) is 9.01. The summed E-state index contributed by atoms with van der Waals surface area (Å²) in [5.41, 5.74) is 7.10. The molecule has 11 nitrogen and oxygen atoms in total. The van der Waals surface area contributed by atoms with Crippen LogP contribution in [0.4, 0.5) is 29.6 Å². The van der Waals surface area contributed by atoms with Crippen LogP contribution in [0.25, 0.3) is 16.8 Å². The zero-order chi connectivity index (χ0) is 27.3. The topological polar surface area (TPSA) is 137 Å². The average Bonchev–Trinajstić information content (AvgIpc) is 3.50. The van der Waals surface area contributed by atoms with Gasteiger partial charge in [0.15, 0.2) is 0 Å². The van der Waals surface area contributed by atoms with Gasteiger partial charge < -0.3 is 20.5 Å². The third-order valence-corrected chi connectivity index (χ3v) is 6.57. The van der Waals surface area contributed by atoms with Crippen LogP contribution in [0.1, 0.15) is 27.8 Å². The van der Waals surface area contributed by atoms with Gasteiger partial charge in [0.05, 0.1) is 24.8 Å². The number of cyclic esters (lactones) is 1. The molecule has 0 spiro atoms. The molecule has 6 rings (SSSR count). The Morgan fingerprint density at radius 2 is 1.90 bits per heavy atom. The number of morpholine rings is 1. The van der Waals surface area contributed by atoms with E-state index in [9.17, 15) is 22.8 Å². The van der Waals surface area contributed by atoms with Gasteiger partial charge in [0, 0.05) is 29.7 Å². The average molecular weight is 539 g/mol. The van der Waals surface area contributed by atoms with Gasteiger partial charge in [-0.25, -0.2) is 19.7 Å². The maximum atomic E-state index is 13.0.